The standard InChI is InChI=1S/C16H10BrN3OS/c1-20-13-7-6-12(17)8-14(13)22-16(20)19-15(21)11-4-2-10(9-18)3-5-11/h2-8H,1H3. The average molecular weight is 372 g/mol. The lowest BCUT2D eigenvalue weighted by atomic mass is 10.1. The highest BCUT2D eigenvalue weighted by molar-refractivity contribution is 9.10. The van der Waals surface area contributed by atoms with Crippen LogP contribution in [0.1, 0.15) is 15.9 Å². The van der Waals surface area contributed by atoms with Crippen molar-refractivity contribution in [1.29, 1.82) is 5.26 Å². The first-order valence-corrected chi connectivity index (χ1v) is 8.04. The van der Waals surface area contributed by atoms with Crippen LogP contribution < -0.4 is 4.80 Å². The summed E-state index contributed by atoms with van der Waals surface area (Å²) in [5.74, 6) is -0.314. The molecule has 0 aliphatic heterocycles. The Labute approximate surface area is 139 Å². The number of aryl methyl sites for hydroxylation is 1. The summed E-state index contributed by atoms with van der Waals surface area (Å²) in [7, 11) is 1.89. The van der Waals surface area contributed by atoms with Gasteiger partial charge in [0.2, 0.25) is 0 Å². The average Bonchev–Trinajstić information content (AvgIpc) is 2.82. The van der Waals surface area contributed by atoms with Crippen molar-refractivity contribution in [2.24, 2.45) is 12.0 Å². The maximum atomic E-state index is 12.2. The number of carbonyl (C=O) groups excluding carboxylic acids is 1. The lowest BCUT2D eigenvalue weighted by Crippen LogP contribution is -2.13. The number of hydrogen-bond donors (Lipinski definition) is 0. The number of thiazole rings is 1. The molecule has 22 heavy (non-hydrogen) atoms. The summed E-state index contributed by atoms with van der Waals surface area (Å²) in [5.41, 5.74) is 2.02. The molecule has 0 bridgehead atoms. The monoisotopic (exact) mass is 371 g/mol. The molecule has 1 amide bonds. The first-order chi connectivity index (χ1) is 10.6. The lowest BCUT2D eigenvalue weighted by Gasteiger charge is -1.96. The molecule has 0 atom stereocenters. The van der Waals surface area contributed by atoms with E-state index in [2.05, 4.69) is 20.9 Å². The molecule has 0 unspecified atom stereocenters. The van der Waals surface area contributed by atoms with Crippen molar-refractivity contribution in [3.8, 4) is 6.07 Å². The third-order valence-corrected chi connectivity index (χ3v) is 4.82. The zero-order chi connectivity index (χ0) is 15.7. The van der Waals surface area contributed by atoms with Crippen molar-refractivity contribution in [2.45, 2.75) is 0 Å². The van der Waals surface area contributed by atoms with Gasteiger partial charge in [-0.1, -0.05) is 27.3 Å². The molecule has 0 aliphatic carbocycles. The van der Waals surface area contributed by atoms with Gasteiger partial charge in [-0.2, -0.15) is 10.3 Å². The molecule has 3 aromatic rings. The molecule has 3 rings (SSSR count). The summed E-state index contributed by atoms with van der Waals surface area (Å²) < 4.78 is 3.95. The molecule has 1 aromatic heterocycles. The van der Waals surface area contributed by atoms with Crippen molar-refractivity contribution >= 4 is 43.4 Å². The van der Waals surface area contributed by atoms with Crippen LogP contribution in [0.3, 0.4) is 0 Å². The fraction of sp³-hybridized carbons (Fsp3) is 0.0625. The number of nitriles is 1. The summed E-state index contributed by atoms with van der Waals surface area (Å²) in [6, 6.07) is 14.4. The van der Waals surface area contributed by atoms with Crippen molar-refractivity contribution in [3.63, 3.8) is 0 Å². The Morgan fingerprint density at radius 3 is 2.68 bits per heavy atom. The second kappa shape index (κ2) is 5.87. The molecule has 0 radical (unpaired) electrons. The zero-order valence-electron chi connectivity index (χ0n) is 11.6. The van der Waals surface area contributed by atoms with Gasteiger partial charge >= 0.3 is 0 Å². The van der Waals surface area contributed by atoms with Gasteiger partial charge in [0.1, 0.15) is 0 Å². The minimum atomic E-state index is -0.314. The Kier molecular flexibility index (Phi) is 3.92. The summed E-state index contributed by atoms with van der Waals surface area (Å²) >= 11 is 4.90. The minimum absolute atomic E-state index is 0.314. The van der Waals surface area contributed by atoms with Crippen LogP contribution in [0.25, 0.3) is 10.2 Å². The molecule has 1 heterocycles. The largest absolute Gasteiger partial charge is 0.319 e. The Balaban J connectivity index is 2.05. The number of carbonyl (C=O) groups is 1. The predicted molar refractivity (Wildman–Crippen MR) is 89.5 cm³/mol. The van der Waals surface area contributed by atoms with E-state index in [1.165, 1.54) is 11.3 Å². The molecule has 0 N–H and O–H groups in total. The van der Waals surface area contributed by atoms with E-state index in [1.54, 1.807) is 24.3 Å². The third-order valence-electron chi connectivity index (χ3n) is 3.23. The highest BCUT2D eigenvalue weighted by atomic mass is 79.9. The van der Waals surface area contributed by atoms with Crippen molar-refractivity contribution in [2.75, 3.05) is 0 Å². The number of nitrogens with zero attached hydrogens (tertiary/aromatic N) is 3. The van der Waals surface area contributed by atoms with Gasteiger partial charge in [0.05, 0.1) is 21.8 Å². The number of amides is 1. The predicted octanol–water partition coefficient (Wildman–Crippen LogP) is 3.62. The Morgan fingerprint density at radius 1 is 1.27 bits per heavy atom. The zero-order valence-corrected chi connectivity index (χ0v) is 14.0. The van der Waals surface area contributed by atoms with E-state index >= 15 is 0 Å². The fourth-order valence-corrected chi connectivity index (χ4v) is 3.62. The van der Waals surface area contributed by atoms with E-state index < -0.39 is 0 Å². The number of aromatic nitrogens is 1. The van der Waals surface area contributed by atoms with E-state index in [9.17, 15) is 4.79 Å². The number of benzene rings is 2. The molecular formula is C16H10BrN3OS. The van der Waals surface area contributed by atoms with Gasteiger partial charge in [0, 0.05) is 17.1 Å². The first-order valence-electron chi connectivity index (χ1n) is 6.43. The van der Waals surface area contributed by atoms with E-state index in [0.717, 1.165) is 14.7 Å². The van der Waals surface area contributed by atoms with E-state index in [1.807, 2.05) is 35.9 Å². The molecule has 2 aromatic carbocycles. The normalized spacial score (nSPS) is 11.6. The molecule has 0 saturated heterocycles. The molecule has 108 valence electrons. The van der Waals surface area contributed by atoms with Gasteiger partial charge in [0.15, 0.2) is 4.80 Å². The second-order valence-electron chi connectivity index (χ2n) is 4.66. The Morgan fingerprint density at radius 2 is 2.00 bits per heavy atom. The van der Waals surface area contributed by atoms with Crippen LogP contribution >= 0.6 is 27.3 Å². The SMILES string of the molecule is Cn1c(=NC(=O)c2ccc(C#N)cc2)sc2cc(Br)ccc21. The fourth-order valence-electron chi connectivity index (χ4n) is 2.05. The Hall–Kier alpha value is -2.23. The maximum absolute atomic E-state index is 12.2. The second-order valence-corrected chi connectivity index (χ2v) is 6.59. The Bertz CT molecular complexity index is 977. The van der Waals surface area contributed by atoms with E-state index in [0.29, 0.717) is 15.9 Å². The first kappa shape index (κ1) is 14.7. The van der Waals surface area contributed by atoms with Crippen LogP contribution in [-0.4, -0.2) is 10.5 Å². The highest BCUT2D eigenvalue weighted by Crippen LogP contribution is 2.21. The van der Waals surface area contributed by atoms with Crippen molar-refractivity contribution < 1.29 is 4.79 Å². The number of fused-ring (bicyclic) bond motifs is 1. The van der Waals surface area contributed by atoms with Crippen LogP contribution in [0.15, 0.2) is 51.9 Å². The molecule has 6 heteroatoms. The van der Waals surface area contributed by atoms with E-state index in [-0.39, 0.29) is 5.91 Å². The molecular weight excluding hydrogens is 362 g/mol. The summed E-state index contributed by atoms with van der Waals surface area (Å²) in [4.78, 5) is 17.1. The minimum Gasteiger partial charge on any atom is -0.319 e. The van der Waals surface area contributed by atoms with Crippen LogP contribution in [0.2, 0.25) is 0 Å². The van der Waals surface area contributed by atoms with Gasteiger partial charge in [-0.3, -0.25) is 4.79 Å². The summed E-state index contributed by atoms with van der Waals surface area (Å²) in [5, 5.41) is 8.78. The molecule has 0 fully saturated rings. The van der Waals surface area contributed by atoms with Crippen LogP contribution in [0.4, 0.5) is 0 Å². The summed E-state index contributed by atoms with van der Waals surface area (Å²) in [6.45, 7) is 0. The van der Waals surface area contributed by atoms with Gasteiger partial charge in [-0.25, -0.2) is 0 Å². The highest BCUT2D eigenvalue weighted by Gasteiger charge is 2.07. The van der Waals surface area contributed by atoms with Gasteiger partial charge in [0.25, 0.3) is 5.91 Å². The van der Waals surface area contributed by atoms with Crippen molar-refractivity contribution in [3.05, 3.63) is 62.9 Å². The smallest absolute Gasteiger partial charge is 0.279 e. The van der Waals surface area contributed by atoms with Crippen LogP contribution in [-0.2, 0) is 7.05 Å². The molecule has 0 spiro atoms. The topological polar surface area (TPSA) is 58.1 Å². The quantitative estimate of drug-likeness (QED) is 0.655. The number of hydrogen-bond acceptors (Lipinski definition) is 3. The van der Waals surface area contributed by atoms with Crippen molar-refractivity contribution in [1.82, 2.24) is 4.57 Å². The van der Waals surface area contributed by atoms with Gasteiger partial charge in [-0.15, -0.1) is 0 Å². The molecule has 0 saturated carbocycles. The molecule has 4 nitrogen and oxygen atoms in total. The molecule has 0 aliphatic rings. The lowest BCUT2D eigenvalue weighted by molar-refractivity contribution is 0.0998. The number of halogens is 1. The number of rotatable bonds is 1. The van der Waals surface area contributed by atoms with Gasteiger partial charge in [-0.05, 0) is 42.5 Å². The summed E-state index contributed by atoms with van der Waals surface area (Å²) in [6.07, 6.45) is 0. The van der Waals surface area contributed by atoms with E-state index in [4.69, 9.17) is 5.26 Å². The maximum Gasteiger partial charge on any atom is 0.279 e. The van der Waals surface area contributed by atoms with Crippen LogP contribution in [0.5, 0.6) is 0 Å². The van der Waals surface area contributed by atoms with Gasteiger partial charge < -0.3 is 4.57 Å². The van der Waals surface area contributed by atoms with Crippen LogP contribution in [0, 0.1) is 11.3 Å². The third kappa shape index (κ3) is 2.73.